The van der Waals surface area contributed by atoms with Crippen LogP contribution in [0.15, 0.2) is 223 Å². The zero-order valence-corrected chi connectivity index (χ0v) is 32.6. The largest absolute Gasteiger partial charge is 0.454 e. The van der Waals surface area contributed by atoms with Gasteiger partial charge in [0.05, 0.1) is 27.8 Å². The van der Waals surface area contributed by atoms with Gasteiger partial charge in [-0.1, -0.05) is 176 Å². The van der Waals surface area contributed by atoms with E-state index in [2.05, 4.69) is 221 Å². The highest BCUT2D eigenvalue weighted by Gasteiger charge is 2.43. The second kappa shape index (κ2) is 12.8. The summed E-state index contributed by atoms with van der Waals surface area (Å²) in [6.07, 6.45) is 0. The first-order valence-corrected chi connectivity index (χ1v) is 21.9. The van der Waals surface area contributed by atoms with E-state index in [4.69, 9.17) is 4.42 Å². The summed E-state index contributed by atoms with van der Waals surface area (Å²) in [7, 11) is -2.86. The third-order valence-electron chi connectivity index (χ3n) is 12.3. The van der Waals surface area contributed by atoms with Crippen LogP contribution in [0.4, 0.5) is 0 Å². The summed E-state index contributed by atoms with van der Waals surface area (Å²) in [5.74, 6) is 0. The third kappa shape index (κ3) is 4.61. The molecule has 3 heterocycles. The molecule has 0 aliphatic carbocycles. The normalized spacial score (nSPS) is 12.1. The SMILES string of the molecule is c1ccc([Si](c2ccccc2)(c2ccccc2)c2cccc3c2c2ccccc2n3-c2ccc3c4ccccc4n(-c4cccc5c4oc4ccccc45)c3c2)cc1. The fraction of sp³-hybridized carbons (Fsp3) is 0. The van der Waals surface area contributed by atoms with E-state index in [1.54, 1.807) is 0 Å². The molecule has 3 aromatic heterocycles. The molecule has 12 aromatic rings. The van der Waals surface area contributed by atoms with E-state index < -0.39 is 8.07 Å². The molecule has 3 nitrogen and oxygen atoms in total. The van der Waals surface area contributed by atoms with Gasteiger partial charge in [-0.2, -0.15) is 0 Å². The predicted octanol–water partition coefficient (Wildman–Crippen LogP) is 11.2. The van der Waals surface area contributed by atoms with Gasteiger partial charge in [-0.25, -0.2) is 0 Å². The lowest BCUT2D eigenvalue weighted by atomic mass is 10.1. The Morgan fingerprint density at radius 2 is 0.862 bits per heavy atom. The van der Waals surface area contributed by atoms with Crippen molar-refractivity contribution in [2.45, 2.75) is 0 Å². The minimum atomic E-state index is -2.86. The molecule has 0 spiro atoms. The van der Waals surface area contributed by atoms with Crippen molar-refractivity contribution in [1.82, 2.24) is 9.13 Å². The molecule has 12 rings (SSSR count). The van der Waals surface area contributed by atoms with E-state index in [-0.39, 0.29) is 0 Å². The molecular formula is C54H36N2OSi. The van der Waals surface area contributed by atoms with E-state index in [9.17, 15) is 0 Å². The van der Waals surface area contributed by atoms with E-state index in [0.29, 0.717) is 0 Å². The Bertz CT molecular complexity index is 3410. The average molecular weight is 757 g/mol. The van der Waals surface area contributed by atoms with Gasteiger partial charge < -0.3 is 13.6 Å². The van der Waals surface area contributed by atoms with Crippen LogP contribution < -0.4 is 20.7 Å². The van der Waals surface area contributed by atoms with Gasteiger partial charge in [0.15, 0.2) is 13.7 Å². The first-order valence-electron chi connectivity index (χ1n) is 19.9. The highest BCUT2D eigenvalue weighted by molar-refractivity contribution is 7.20. The Kier molecular flexibility index (Phi) is 7.25. The molecule has 272 valence electrons. The highest BCUT2D eigenvalue weighted by Crippen LogP contribution is 2.40. The fourth-order valence-electron chi connectivity index (χ4n) is 9.91. The Hall–Kier alpha value is -7.40. The summed E-state index contributed by atoms with van der Waals surface area (Å²) < 4.78 is 11.5. The topological polar surface area (TPSA) is 23.0 Å². The van der Waals surface area contributed by atoms with Crippen molar-refractivity contribution in [3.8, 4) is 11.4 Å². The van der Waals surface area contributed by atoms with E-state index in [0.717, 1.165) is 44.3 Å². The van der Waals surface area contributed by atoms with Gasteiger partial charge in [-0.05, 0) is 63.2 Å². The van der Waals surface area contributed by atoms with Crippen LogP contribution in [0.2, 0.25) is 0 Å². The minimum Gasteiger partial charge on any atom is -0.454 e. The lowest BCUT2D eigenvalue weighted by Crippen LogP contribution is -2.74. The molecule has 4 heteroatoms. The average Bonchev–Trinajstić information content (AvgIpc) is 3.96. The Morgan fingerprint density at radius 1 is 0.345 bits per heavy atom. The molecule has 0 bridgehead atoms. The summed E-state index contributed by atoms with van der Waals surface area (Å²) in [4.78, 5) is 0. The van der Waals surface area contributed by atoms with Crippen LogP contribution in [-0.4, -0.2) is 17.2 Å². The molecule has 0 radical (unpaired) electrons. The number of benzene rings is 9. The smallest absolute Gasteiger partial charge is 0.180 e. The number of furan rings is 1. The number of fused-ring (bicyclic) bond motifs is 9. The van der Waals surface area contributed by atoms with Crippen molar-refractivity contribution in [2.24, 2.45) is 0 Å². The molecule has 0 atom stereocenters. The summed E-state index contributed by atoms with van der Waals surface area (Å²) in [5, 5.41) is 12.7. The summed E-state index contributed by atoms with van der Waals surface area (Å²) >= 11 is 0. The molecular weight excluding hydrogens is 721 g/mol. The quantitative estimate of drug-likeness (QED) is 0.122. The number of nitrogens with zero attached hydrogens (tertiary/aromatic N) is 2. The molecule has 0 fully saturated rings. The molecule has 0 amide bonds. The first kappa shape index (κ1) is 32.8. The lowest BCUT2D eigenvalue weighted by Gasteiger charge is -2.35. The second-order valence-electron chi connectivity index (χ2n) is 15.2. The maximum absolute atomic E-state index is 6.66. The number of para-hydroxylation sites is 4. The van der Waals surface area contributed by atoms with Gasteiger partial charge in [0.25, 0.3) is 0 Å². The number of hydrogen-bond donors (Lipinski definition) is 0. The van der Waals surface area contributed by atoms with E-state index in [1.165, 1.54) is 53.3 Å². The first-order chi connectivity index (χ1) is 28.8. The molecule has 0 N–H and O–H groups in total. The summed E-state index contributed by atoms with van der Waals surface area (Å²) in [6, 6.07) is 80.2. The van der Waals surface area contributed by atoms with Crippen LogP contribution in [0, 0.1) is 0 Å². The van der Waals surface area contributed by atoms with Gasteiger partial charge in [-0.15, -0.1) is 0 Å². The monoisotopic (exact) mass is 756 g/mol. The van der Waals surface area contributed by atoms with Crippen molar-refractivity contribution < 1.29 is 4.42 Å². The second-order valence-corrected chi connectivity index (χ2v) is 19.0. The van der Waals surface area contributed by atoms with Gasteiger partial charge >= 0.3 is 0 Å². The van der Waals surface area contributed by atoms with E-state index >= 15 is 0 Å². The zero-order chi connectivity index (χ0) is 38.2. The molecule has 0 saturated carbocycles. The molecule has 0 aliphatic heterocycles. The molecule has 9 aromatic carbocycles. The molecule has 58 heavy (non-hydrogen) atoms. The molecule has 0 saturated heterocycles. The maximum Gasteiger partial charge on any atom is 0.180 e. The molecule has 0 unspecified atom stereocenters. The van der Waals surface area contributed by atoms with Gasteiger partial charge in [0, 0.05) is 38.0 Å². The van der Waals surface area contributed by atoms with Crippen LogP contribution >= 0.6 is 0 Å². The maximum atomic E-state index is 6.66. The van der Waals surface area contributed by atoms with Gasteiger partial charge in [0.1, 0.15) is 5.58 Å². The summed E-state index contributed by atoms with van der Waals surface area (Å²) in [6.45, 7) is 0. The van der Waals surface area contributed by atoms with Crippen molar-refractivity contribution in [3.63, 3.8) is 0 Å². The van der Waals surface area contributed by atoms with Crippen LogP contribution in [0.1, 0.15) is 0 Å². The Labute approximate surface area is 336 Å². The number of aromatic nitrogens is 2. The lowest BCUT2D eigenvalue weighted by molar-refractivity contribution is 0.666. The summed E-state index contributed by atoms with van der Waals surface area (Å²) in [5.41, 5.74) is 8.60. The minimum absolute atomic E-state index is 0.891. The number of rotatable bonds is 6. The fourth-order valence-corrected chi connectivity index (χ4v) is 14.9. The Balaban J connectivity index is 1.18. The van der Waals surface area contributed by atoms with Crippen LogP contribution in [0.3, 0.4) is 0 Å². The van der Waals surface area contributed by atoms with Gasteiger partial charge in [0.2, 0.25) is 0 Å². The van der Waals surface area contributed by atoms with Crippen molar-refractivity contribution in [3.05, 3.63) is 218 Å². The highest BCUT2D eigenvalue weighted by atomic mass is 28.3. The zero-order valence-electron chi connectivity index (χ0n) is 31.6. The van der Waals surface area contributed by atoms with E-state index in [1.807, 2.05) is 6.07 Å². The van der Waals surface area contributed by atoms with Crippen LogP contribution in [-0.2, 0) is 0 Å². The molecule has 0 aliphatic rings. The standard InChI is InChI=1S/C54H36N2OSi/c1-4-18-38(19-5-1)58(39-20-6-2-7-21-39,40-22-8-3-9-23-40)52-33-17-30-48-53(52)45-26-11-14-29-47(45)55(48)37-34-35-42-41-24-10-13-28-46(41)56(50(42)36-37)49-31-16-27-44-43-25-12-15-32-51(43)57-54(44)49/h1-36H. The van der Waals surface area contributed by atoms with Crippen molar-refractivity contribution >= 4 is 94.4 Å². The third-order valence-corrected chi connectivity index (χ3v) is 17.1. The van der Waals surface area contributed by atoms with Crippen LogP contribution in [0.25, 0.3) is 76.9 Å². The number of hydrogen-bond acceptors (Lipinski definition) is 1. The van der Waals surface area contributed by atoms with Gasteiger partial charge in [-0.3, -0.25) is 0 Å². The predicted molar refractivity (Wildman–Crippen MR) is 246 cm³/mol. The van der Waals surface area contributed by atoms with Crippen molar-refractivity contribution in [1.29, 1.82) is 0 Å². The van der Waals surface area contributed by atoms with Crippen LogP contribution in [0.5, 0.6) is 0 Å². The van der Waals surface area contributed by atoms with Crippen molar-refractivity contribution in [2.75, 3.05) is 0 Å². The Morgan fingerprint density at radius 3 is 1.55 bits per heavy atom.